The van der Waals surface area contributed by atoms with E-state index in [4.69, 9.17) is 0 Å². The summed E-state index contributed by atoms with van der Waals surface area (Å²) >= 11 is 1.34. The van der Waals surface area contributed by atoms with Crippen LogP contribution < -0.4 is 10.6 Å². The second-order valence-corrected chi connectivity index (χ2v) is 9.37. The normalized spacial score (nSPS) is 11.1. The smallest absolute Gasteiger partial charge is 0.249 e. The van der Waals surface area contributed by atoms with Gasteiger partial charge in [-0.05, 0) is 54.1 Å². The van der Waals surface area contributed by atoms with Gasteiger partial charge in [0.2, 0.25) is 5.91 Å². The van der Waals surface area contributed by atoms with E-state index in [1.165, 1.54) is 35.9 Å². The zero-order chi connectivity index (χ0) is 26.1. The van der Waals surface area contributed by atoms with Gasteiger partial charge in [-0.1, -0.05) is 24.8 Å². The minimum Gasteiger partial charge on any atom is -0.340 e. The fourth-order valence-electron chi connectivity index (χ4n) is 4.17. The zero-order valence-electron chi connectivity index (χ0n) is 19.9. The molecular formula is C28H20FN7OS. The van der Waals surface area contributed by atoms with Crippen LogP contribution in [0.4, 0.5) is 21.0 Å². The van der Waals surface area contributed by atoms with Crippen molar-refractivity contribution >= 4 is 55.7 Å². The van der Waals surface area contributed by atoms with E-state index in [0.717, 1.165) is 44.3 Å². The van der Waals surface area contributed by atoms with E-state index >= 15 is 0 Å². The number of thiazole rings is 1. The maximum Gasteiger partial charge on any atom is 0.249 e. The minimum atomic E-state index is -0.305. The number of nitrogens with zero attached hydrogens (tertiary/aromatic N) is 5. The highest BCUT2D eigenvalue weighted by molar-refractivity contribution is 7.14. The molecule has 38 heavy (non-hydrogen) atoms. The van der Waals surface area contributed by atoms with Crippen molar-refractivity contribution < 1.29 is 9.18 Å². The first-order chi connectivity index (χ1) is 18.6. The molecule has 0 saturated carbocycles. The summed E-state index contributed by atoms with van der Waals surface area (Å²) in [6.45, 7) is 3.94. The first-order valence-electron chi connectivity index (χ1n) is 11.7. The molecule has 0 saturated heterocycles. The lowest BCUT2D eigenvalue weighted by atomic mass is 10.1. The molecule has 10 heteroatoms. The molecule has 186 valence electrons. The van der Waals surface area contributed by atoms with Crippen LogP contribution in [-0.4, -0.2) is 30.6 Å². The predicted molar refractivity (Wildman–Crippen MR) is 148 cm³/mol. The van der Waals surface area contributed by atoms with Gasteiger partial charge < -0.3 is 5.32 Å². The van der Waals surface area contributed by atoms with Crippen molar-refractivity contribution in [1.29, 1.82) is 0 Å². The Hall–Kier alpha value is -4.96. The number of rotatable bonds is 7. The molecule has 0 bridgehead atoms. The third kappa shape index (κ3) is 4.72. The third-order valence-corrected chi connectivity index (χ3v) is 6.73. The van der Waals surface area contributed by atoms with Gasteiger partial charge in [0.05, 0.1) is 29.5 Å². The summed E-state index contributed by atoms with van der Waals surface area (Å²) in [6.07, 6.45) is 4.52. The van der Waals surface area contributed by atoms with Gasteiger partial charge in [0.15, 0.2) is 5.13 Å². The summed E-state index contributed by atoms with van der Waals surface area (Å²) in [6, 6.07) is 18.3. The number of amides is 1. The quantitative estimate of drug-likeness (QED) is 0.244. The van der Waals surface area contributed by atoms with Crippen LogP contribution in [0.1, 0.15) is 5.56 Å². The third-order valence-electron chi connectivity index (χ3n) is 5.98. The lowest BCUT2D eigenvalue weighted by Crippen LogP contribution is -2.06. The fraction of sp³-hybridized carbons (Fsp3) is 0.0357. The minimum absolute atomic E-state index is 0.264. The van der Waals surface area contributed by atoms with Gasteiger partial charge in [-0.2, -0.15) is 5.10 Å². The Morgan fingerprint density at radius 1 is 1.11 bits per heavy atom. The topological polar surface area (TPSA) is 97.6 Å². The van der Waals surface area contributed by atoms with E-state index in [9.17, 15) is 9.18 Å². The van der Waals surface area contributed by atoms with Crippen LogP contribution in [-0.2, 0) is 11.3 Å². The van der Waals surface area contributed by atoms with Crippen LogP contribution >= 0.6 is 11.3 Å². The molecule has 0 aliphatic carbocycles. The summed E-state index contributed by atoms with van der Waals surface area (Å²) in [5.41, 5.74) is 5.02. The van der Waals surface area contributed by atoms with E-state index in [1.54, 1.807) is 12.3 Å². The molecule has 6 rings (SSSR count). The van der Waals surface area contributed by atoms with Crippen LogP contribution in [0, 0.1) is 5.82 Å². The van der Waals surface area contributed by atoms with Crippen LogP contribution in [0.25, 0.3) is 33.1 Å². The van der Waals surface area contributed by atoms with Gasteiger partial charge in [0.1, 0.15) is 18.0 Å². The summed E-state index contributed by atoms with van der Waals surface area (Å²) in [7, 11) is 0. The number of carbonyl (C=O) groups is 1. The van der Waals surface area contributed by atoms with E-state index in [1.807, 2.05) is 52.5 Å². The lowest BCUT2D eigenvalue weighted by molar-refractivity contribution is -0.111. The van der Waals surface area contributed by atoms with Gasteiger partial charge in [-0.3, -0.25) is 14.8 Å². The van der Waals surface area contributed by atoms with E-state index in [2.05, 4.69) is 37.3 Å². The number of hydrogen-bond donors (Lipinski definition) is 2. The highest BCUT2D eigenvalue weighted by Crippen LogP contribution is 2.31. The number of fused-ring (bicyclic) bond motifs is 2. The number of aromatic nitrogens is 5. The summed E-state index contributed by atoms with van der Waals surface area (Å²) in [5.74, 6) is 0.0832. The standard InChI is InChI=1S/C28H20FN7OS/c1-2-26(37)35-28-34-24(15-38-28)18-6-8-23-22(12-18)27(31-16-30-23)33-21-7-9-25-19(11-21)13-32-36(25)14-17-4-3-5-20(29)10-17/h2-13,15-16H,1,14H2,(H,30,31,33)(H,34,35,37). The largest absolute Gasteiger partial charge is 0.340 e. The molecule has 0 fully saturated rings. The van der Waals surface area contributed by atoms with Crippen LogP contribution in [0.2, 0.25) is 0 Å². The van der Waals surface area contributed by atoms with Gasteiger partial charge in [0, 0.05) is 27.4 Å². The molecule has 8 nitrogen and oxygen atoms in total. The molecule has 1 amide bonds. The van der Waals surface area contributed by atoms with E-state index < -0.39 is 0 Å². The molecule has 0 spiro atoms. The molecular weight excluding hydrogens is 501 g/mol. The number of benzene rings is 3. The zero-order valence-corrected chi connectivity index (χ0v) is 20.7. The average molecular weight is 522 g/mol. The maximum atomic E-state index is 13.6. The van der Waals surface area contributed by atoms with Crippen molar-refractivity contribution in [1.82, 2.24) is 24.7 Å². The Morgan fingerprint density at radius 2 is 2.03 bits per heavy atom. The van der Waals surface area contributed by atoms with Crippen molar-refractivity contribution in [3.8, 4) is 11.3 Å². The SMILES string of the molecule is C=CC(=O)Nc1nc(-c2ccc3ncnc(Nc4ccc5c(cnn5Cc5cccc(F)c5)c4)c3c2)cs1. The molecule has 0 aliphatic heterocycles. The van der Waals surface area contributed by atoms with Gasteiger partial charge in [-0.25, -0.2) is 19.3 Å². The number of carbonyl (C=O) groups excluding carboxylic acids is 1. The fourth-order valence-corrected chi connectivity index (χ4v) is 4.89. The Labute approximate surface area is 220 Å². The summed E-state index contributed by atoms with van der Waals surface area (Å²) in [5, 5.41) is 14.7. The lowest BCUT2D eigenvalue weighted by Gasteiger charge is -2.10. The first kappa shape index (κ1) is 23.4. The highest BCUT2D eigenvalue weighted by atomic mass is 32.1. The molecule has 6 aromatic rings. The highest BCUT2D eigenvalue weighted by Gasteiger charge is 2.11. The van der Waals surface area contributed by atoms with Gasteiger partial charge in [-0.15, -0.1) is 11.3 Å². The second kappa shape index (κ2) is 9.83. The number of hydrogen-bond acceptors (Lipinski definition) is 7. The Morgan fingerprint density at radius 3 is 2.89 bits per heavy atom. The van der Waals surface area contributed by atoms with Crippen LogP contribution in [0.5, 0.6) is 0 Å². The number of anilines is 3. The number of nitrogens with one attached hydrogen (secondary N) is 2. The molecule has 0 aliphatic rings. The van der Waals surface area contributed by atoms with Crippen molar-refractivity contribution in [2.24, 2.45) is 0 Å². The molecule has 3 aromatic carbocycles. The van der Waals surface area contributed by atoms with Crippen LogP contribution in [0.3, 0.4) is 0 Å². The van der Waals surface area contributed by atoms with E-state index in [-0.39, 0.29) is 11.7 Å². The molecule has 3 aromatic heterocycles. The maximum absolute atomic E-state index is 13.6. The Kier molecular flexibility index (Phi) is 6.06. The predicted octanol–water partition coefficient (Wildman–Crippen LogP) is 6.16. The molecule has 0 unspecified atom stereocenters. The van der Waals surface area contributed by atoms with Crippen molar-refractivity contribution in [3.05, 3.63) is 103 Å². The Balaban J connectivity index is 1.28. The van der Waals surface area contributed by atoms with Gasteiger partial charge >= 0.3 is 0 Å². The van der Waals surface area contributed by atoms with Crippen molar-refractivity contribution in [2.75, 3.05) is 10.6 Å². The summed E-state index contributed by atoms with van der Waals surface area (Å²) in [4.78, 5) is 25.0. The number of halogens is 1. The average Bonchev–Trinajstić information content (AvgIpc) is 3.55. The first-order valence-corrected chi connectivity index (χ1v) is 12.5. The van der Waals surface area contributed by atoms with Crippen molar-refractivity contribution in [3.63, 3.8) is 0 Å². The summed E-state index contributed by atoms with van der Waals surface area (Å²) < 4.78 is 15.4. The van der Waals surface area contributed by atoms with Crippen molar-refractivity contribution in [2.45, 2.75) is 6.54 Å². The second-order valence-electron chi connectivity index (χ2n) is 8.52. The molecule has 2 N–H and O–H groups in total. The monoisotopic (exact) mass is 521 g/mol. The van der Waals surface area contributed by atoms with Crippen LogP contribution in [0.15, 0.2) is 91.2 Å². The van der Waals surface area contributed by atoms with Gasteiger partial charge in [0.25, 0.3) is 0 Å². The molecule has 3 heterocycles. The Bertz CT molecular complexity index is 1830. The molecule has 0 atom stereocenters. The molecule has 0 radical (unpaired) electrons. The van der Waals surface area contributed by atoms with E-state index in [0.29, 0.717) is 17.5 Å².